The summed E-state index contributed by atoms with van der Waals surface area (Å²) in [6.45, 7) is -0.582. The summed E-state index contributed by atoms with van der Waals surface area (Å²) in [5.41, 5.74) is 0.492. The second kappa shape index (κ2) is 5.79. The highest BCUT2D eigenvalue weighted by atomic mass is 79.9. The van der Waals surface area contributed by atoms with Gasteiger partial charge in [-0.1, -0.05) is 15.9 Å². The van der Waals surface area contributed by atoms with Crippen LogP contribution in [-0.4, -0.2) is 23.9 Å². The van der Waals surface area contributed by atoms with Gasteiger partial charge in [0.05, 0.1) is 0 Å². The van der Waals surface area contributed by atoms with Crippen LogP contribution in [0.15, 0.2) is 22.7 Å². The predicted octanol–water partition coefficient (Wildman–Crippen LogP) is 2.60. The molecule has 1 aromatic rings. The number of aliphatic hydroxyl groups excluding tert-OH is 1. The topological polar surface area (TPSA) is 32.3 Å². The lowest BCUT2D eigenvalue weighted by Crippen LogP contribution is -2.38. The minimum absolute atomic E-state index is 0.0451. The van der Waals surface area contributed by atoms with Crippen LogP contribution in [0.5, 0.6) is 0 Å². The molecule has 0 heterocycles. The fraction of sp³-hybridized carbons (Fsp3) is 0.400. The zero-order valence-corrected chi connectivity index (χ0v) is 10.1. The molecule has 7 heteroatoms. The van der Waals surface area contributed by atoms with Crippen LogP contribution in [0, 0.1) is 5.82 Å². The van der Waals surface area contributed by atoms with Crippen LogP contribution >= 0.6 is 15.9 Å². The normalized spacial score (nSPS) is 13.8. The molecule has 1 aromatic carbocycles. The van der Waals surface area contributed by atoms with Gasteiger partial charge in [-0.15, -0.1) is 0 Å². The van der Waals surface area contributed by atoms with Crippen LogP contribution in [0.2, 0.25) is 0 Å². The molecule has 0 aliphatic heterocycles. The lowest BCUT2D eigenvalue weighted by atomic mass is 10.2. The van der Waals surface area contributed by atoms with Crippen molar-refractivity contribution in [3.63, 3.8) is 0 Å². The summed E-state index contributed by atoms with van der Waals surface area (Å²) in [4.78, 5) is 0. The monoisotopic (exact) mass is 315 g/mol. The molecular weight excluding hydrogens is 306 g/mol. The molecule has 1 rings (SSSR count). The SMILES string of the molecule is OC(CNCc1cc(F)cc(Br)c1)C(F)(F)F. The van der Waals surface area contributed by atoms with Gasteiger partial charge in [-0.2, -0.15) is 13.2 Å². The van der Waals surface area contributed by atoms with E-state index in [1.54, 1.807) is 6.07 Å². The van der Waals surface area contributed by atoms with Gasteiger partial charge in [-0.05, 0) is 23.8 Å². The molecule has 0 fully saturated rings. The second-order valence-corrected chi connectivity index (χ2v) is 4.38. The molecule has 0 spiro atoms. The van der Waals surface area contributed by atoms with Crippen LogP contribution in [0.3, 0.4) is 0 Å². The van der Waals surface area contributed by atoms with E-state index >= 15 is 0 Å². The molecule has 1 unspecified atom stereocenters. The molecule has 2 nitrogen and oxygen atoms in total. The highest BCUT2D eigenvalue weighted by molar-refractivity contribution is 9.10. The van der Waals surface area contributed by atoms with Gasteiger partial charge < -0.3 is 10.4 Å². The smallest absolute Gasteiger partial charge is 0.382 e. The highest BCUT2D eigenvalue weighted by Crippen LogP contribution is 2.19. The van der Waals surface area contributed by atoms with Crippen molar-refractivity contribution in [3.05, 3.63) is 34.1 Å². The van der Waals surface area contributed by atoms with Crippen molar-refractivity contribution in [1.82, 2.24) is 5.32 Å². The predicted molar refractivity (Wildman–Crippen MR) is 57.9 cm³/mol. The van der Waals surface area contributed by atoms with Crippen LogP contribution in [0.4, 0.5) is 17.6 Å². The third-order valence-corrected chi connectivity index (χ3v) is 2.42. The Labute approximate surface area is 104 Å². The van der Waals surface area contributed by atoms with E-state index in [9.17, 15) is 17.6 Å². The molecule has 1 atom stereocenters. The van der Waals surface area contributed by atoms with Gasteiger partial charge >= 0.3 is 6.18 Å². The maximum atomic E-state index is 12.9. The largest absolute Gasteiger partial charge is 0.415 e. The van der Waals surface area contributed by atoms with Crippen molar-refractivity contribution in [2.75, 3.05) is 6.54 Å². The molecular formula is C10H10BrF4NO. The van der Waals surface area contributed by atoms with E-state index in [1.165, 1.54) is 12.1 Å². The summed E-state index contributed by atoms with van der Waals surface area (Å²) >= 11 is 3.07. The fourth-order valence-electron chi connectivity index (χ4n) is 1.18. The van der Waals surface area contributed by atoms with Crippen molar-refractivity contribution in [2.45, 2.75) is 18.8 Å². The number of halogens is 5. The maximum Gasteiger partial charge on any atom is 0.415 e. The Morgan fingerprint density at radius 3 is 2.47 bits per heavy atom. The third kappa shape index (κ3) is 5.01. The first-order valence-corrected chi connectivity index (χ1v) is 5.49. The fourth-order valence-corrected chi connectivity index (χ4v) is 1.69. The molecule has 17 heavy (non-hydrogen) atoms. The second-order valence-electron chi connectivity index (χ2n) is 3.47. The first-order chi connectivity index (χ1) is 7.79. The van der Waals surface area contributed by atoms with Gasteiger partial charge in [0, 0.05) is 17.6 Å². The van der Waals surface area contributed by atoms with Gasteiger partial charge in [0.15, 0.2) is 6.10 Å². The van der Waals surface area contributed by atoms with Crippen LogP contribution in [0.1, 0.15) is 5.56 Å². The molecule has 0 bridgehead atoms. The summed E-state index contributed by atoms with van der Waals surface area (Å²) in [6.07, 6.45) is -7.06. The Balaban J connectivity index is 2.46. The average Bonchev–Trinajstić information content (AvgIpc) is 2.14. The summed E-state index contributed by atoms with van der Waals surface area (Å²) < 4.78 is 49.3. The highest BCUT2D eigenvalue weighted by Gasteiger charge is 2.37. The summed E-state index contributed by atoms with van der Waals surface area (Å²) in [5.74, 6) is -0.479. The Morgan fingerprint density at radius 1 is 1.29 bits per heavy atom. The Bertz CT molecular complexity index is 363. The van der Waals surface area contributed by atoms with E-state index in [2.05, 4.69) is 21.2 Å². The summed E-state index contributed by atoms with van der Waals surface area (Å²) in [6, 6.07) is 4.03. The summed E-state index contributed by atoms with van der Waals surface area (Å²) in [5, 5.41) is 11.1. The molecule has 0 aromatic heterocycles. The van der Waals surface area contributed by atoms with Gasteiger partial charge in [0.2, 0.25) is 0 Å². The first kappa shape index (κ1) is 14.4. The zero-order chi connectivity index (χ0) is 13.1. The lowest BCUT2D eigenvalue weighted by molar-refractivity contribution is -0.201. The van der Waals surface area contributed by atoms with E-state index in [0.29, 0.717) is 10.0 Å². The van der Waals surface area contributed by atoms with Crippen molar-refractivity contribution >= 4 is 15.9 Å². The Morgan fingerprint density at radius 2 is 1.94 bits per heavy atom. The lowest BCUT2D eigenvalue weighted by Gasteiger charge is -2.15. The molecule has 0 aliphatic rings. The van der Waals surface area contributed by atoms with E-state index in [4.69, 9.17) is 5.11 Å². The van der Waals surface area contributed by atoms with Gasteiger partial charge in [0.25, 0.3) is 0 Å². The van der Waals surface area contributed by atoms with Crippen LogP contribution < -0.4 is 5.32 Å². The van der Waals surface area contributed by atoms with Crippen molar-refractivity contribution < 1.29 is 22.7 Å². The molecule has 0 aliphatic carbocycles. The quantitative estimate of drug-likeness (QED) is 0.837. The molecule has 0 amide bonds. The minimum atomic E-state index is -4.64. The summed E-state index contributed by atoms with van der Waals surface area (Å²) in [7, 11) is 0. The van der Waals surface area contributed by atoms with E-state index in [-0.39, 0.29) is 6.54 Å². The number of hydrogen-bond acceptors (Lipinski definition) is 2. The molecule has 0 radical (unpaired) electrons. The zero-order valence-electron chi connectivity index (χ0n) is 8.56. The van der Waals surface area contributed by atoms with Crippen molar-refractivity contribution in [1.29, 1.82) is 0 Å². The Hall–Kier alpha value is -0.660. The minimum Gasteiger partial charge on any atom is -0.382 e. The Kier molecular flexibility index (Phi) is 4.91. The van der Waals surface area contributed by atoms with Gasteiger partial charge in [-0.25, -0.2) is 4.39 Å². The third-order valence-electron chi connectivity index (χ3n) is 1.97. The molecule has 2 N–H and O–H groups in total. The number of rotatable bonds is 4. The van der Waals surface area contributed by atoms with Crippen molar-refractivity contribution in [2.24, 2.45) is 0 Å². The number of hydrogen-bond donors (Lipinski definition) is 2. The van der Waals surface area contributed by atoms with Crippen molar-refractivity contribution in [3.8, 4) is 0 Å². The van der Waals surface area contributed by atoms with E-state index in [1.807, 2.05) is 0 Å². The number of benzene rings is 1. The molecule has 0 saturated heterocycles. The molecule has 0 saturated carbocycles. The number of alkyl halides is 3. The maximum absolute atomic E-state index is 12.9. The number of aliphatic hydroxyl groups is 1. The molecule has 96 valence electrons. The van der Waals surface area contributed by atoms with Gasteiger partial charge in [-0.3, -0.25) is 0 Å². The van der Waals surface area contributed by atoms with E-state index in [0.717, 1.165) is 0 Å². The standard InChI is InChI=1S/C10H10BrF4NO/c11-7-1-6(2-8(12)3-7)4-16-5-9(17)10(13,14)15/h1-3,9,16-17H,4-5H2. The van der Waals surface area contributed by atoms with E-state index < -0.39 is 24.6 Å². The van der Waals surface area contributed by atoms with Crippen LogP contribution in [-0.2, 0) is 6.54 Å². The van der Waals surface area contributed by atoms with Gasteiger partial charge in [0.1, 0.15) is 5.82 Å². The number of nitrogens with one attached hydrogen (secondary N) is 1. The average molecular weight is 316 g/mol. The van der Waals surface area contributed by atoms with Crippen LogP contribution in [0.25, 0.3) is 0 Å². The first-order valence-electron chi connectivity index (χ1n) is 4.69.